The van der Waals surface area contributed by atoms with Crippen LogP contribution in [0, 0.1) is 5.82 Å². The molecule has 0 aliphatic carbocycles. The number of ether oxygens (including phenoxy) is 1. The fraction of sp³-hybridized carbons (Fsp3) is 0.350. The molecule has 1 fully saturated rings. The minimum Gasteiger partial charge on any atom is -0.463 e. The minimum absolute atomic E-state index is 0.168. The van der Waals surface area contributed by atoms with Crippen LogP contribution in [0.4, 0.5) is 4.39 Å². The molecule has 0 amide bonds. The summed E-state index contributed by atoms with van der Waals surface area (Å²) in [5, 5.41) is 2.45. The number of sulfonamides is 1. The average Bonchev–Trinajstić information content (AvgIpc) is 3.35. The van der Waals surface area contributed by atoms with E-state index in [9.17, 15) is 17.6 Å². The summed E-state index contributed by atoms with van der Waals surface area (Å²) in [7, 11) is -3.46. The van der Waals surface area contributed by atoms with Crippen molar-refractivity contribution >= 4 is 49.1 Å². The summed E-state index contributed by atoms with van der Waals surface area (Å²) in [5.74, 6) is -0.441. The van der Waals surface area contributed by atoms with Gasteiger partial charge < -0.3 is 9.64 Å². The van der Waals surface area contributed by atoms with Crippen molar-refractivity contribution in [2.45, 2.75) is 25.4 Å². The van der Waals surface area contributed by atoms with Crippen LogP contribution in [0.1, 0.15) is 30.0 Å². The molecule has 0 unspecified atom stereocenters. The van der Waals surface area contributed by atoms with Gasteiger partial charge in [-0.15, -0.1) is 11.3 Å². The van der Waals surface area contributed by atoms with Crippen molar-refractivity contribution in [2.24, 2.45) is 4.99 Å². The molecule has 3 heterocycles. The number of rotatable bonds is 6. The molecule has 0 saturated carbocycles. The lowest BCUT2D eigenvalue weighted by Gasteiger charge is -2.31. The van der Waals surface area contributed by atoms with Crippen LogP contribution in [0.3, 0.4) is 0 Å². The van der Waals surface area contributed by atoms with E-state index in [1.807, 2.05) is 10.3 Å². The number of aliphatic imine (C=N–C) groups is 1. The quantitative estimate of drug-likeness (QED) is 0.563. The standard InChI is InChI=1S/C20H20BrFN4O4S2/c1-3-30-20(27)16-15-9-12(25-32(2,28)29)10-26(15)18(19-23-6-7-31-19)24-17(16)13-5-4-11(22)8-14(13)21/h4-8,12,17,25H,3,9-10H2,1-2H3/t12-,17-/m0/s1. The van der Waals surface area contributed by atoms with Gasteiger partial charge in [0.25, 0.3) is 0 Å². The van der Waals surface area contributed by atoms with Gasteiger partial charge in [-0.3, -0.25) is 4.99 Å². The molecule has 1 aromatic carbocycles. The second-order valence-corrected chi connectivity index (χ2v) is 10.9. The molecule has 170 valence electrons. The highest BCUT2D eigenvalue weighted by Gasteiger charge is 2.43. The Morgan fingerprint density at radius 1 is 1.44 bits per heavy atom. The fourth-order valence-electron chi connectivity index (χ4n) is 3.90. The van der Waals surface area contributed by atoms with Crippen molar-refractivity contribution in [3.05, 3.63) is 61.9 Å². The van der Waals surface area contributed by atoms with Crippen molar-refractivity contribution in [2.75, 3.05) is 19.4 Å². The Balaban J connectivity index is 1.89. The molecule has 2 aliphatic heterocycles. The lowest BCUT2D eigenvalue weighted by molar-refractivity contribution is -0.139. The van der Waals surface area contributed by atoms with Gasteiger partial charge in [0.1, 0.15) is 11.9 Å². The average molecular weight is 543 g/mol. The van der Waals surface area contributed by atoms with Crippen molar-refractivity contribution in [3.63, 3.8) is 0 Å². The van der Waals surface area contributed by atoms with Gasteiger partial charge in [-0.25, -0.2) is 27.3 Å². The van der Waals surface area contributed by atoms with Crippen LogP contribution in [0.2, 0.25) is 0 Å². The zero-order valence-corrected chi connectivity index (χ0v) is 20.4. The number of benzene rings is 1. The van der Waals surface area contributed by atoms with E-state index < -0.39 is 33.9 Å². The predicted octanol–water partition coefficient (Wildman–Crippen LogP) is 2.99. The zero-order chi connectivity index (χ0) is 23.0. The summed E-state index contributed by atoms with van der Waals surface area (Å²) in [6.45, 7) is 2.17. The molecule has 0 bridgehead atoms. The largest absolute Gasteiger partial charge is 0.463 e. The number of halogens is 2. The highest BCUT2D eigenvalue weighted by Crippen LogP contribution is 2.42. The van der Waals surface area contributed by atoms with Crippen LogP contribution in [0.25, 0.3) is 0 Å². The molecule has 8 nitrogen and oxygen atoms in total. The molecule has 0 spiro atoms. The number of carbonyl (C=O) groups excluding carboxylic acids is 1. The van der Waals surface area contributed by atoms with E-state index in [1.165, 1.54) is 23.5 Å². The SMILES string of the molecule is CCOC(=O)C1=C2C[C@H](NS(C)(=O)=O)CN2C(c2nccs2)=N[C@H]1c1ccc(F)cc1Br. The van der Waals surface area contributed by atoms with Gasteiger partial charge in [-0.2, -0.15) is 0 Å². The maximum absolute atomic E-state index is 13.8. The van der Waals surface area contributed by atoms with E-state index in [2.05, 4.69) is 25.6 Å². The fourth-order valence-corrected chi connectivity index (χ4v) is 5.87. The number of fused-ring (bicyclic) bond motifs is 1. The van der Waals surface area contributed by atoms with Gasteiger partial charge in [0.15, 0.2) is 10.8 Å². The maximum Gasteiger partial charge on any atom is 0.338 e. The van der Waals surface area contributed by atoms with Gasteiger partial charge in [-0.05, 0) is 24.6 Å². The Kier molecular flexibility index (Phi) is 6.48. The number of thiazole rings is 1. The van der Waals surface area contributed by atoms with Gasteiger partial charge in [0.05, 0.1) is 18.4 Å². The molecule has 2 atom stereocenters. The topological polar surface area (TPSA) is 101 Å². The molecule has 32 heavy (non-hydrogen) atoms. The van der Waals surface area contributed by atoms with Crippen LogP contribution in [-0.2, 0) is 19.6 Å². The molecule has 1 aromatic heterocycles. The van der Waals surface area contributed by atoms with Crippen molar-refractivity contribution in [3.8, 4) is 0 Å². The first-order chi connectivity index (χ1) is 15.2. The monoisotopic (exact) mass is 542 g/mol. The number of hydrogen-bond acceptors (Lipinski definition) is 8. The highest BCUT2D eigenvalue weighted by atomic mass is 79.9. The number of carbonyl (C=O) groups is 1. The third kappa shape index (κ3) is 4.63. The van der Waals surface area contributed by atoms with E-state index >= 15 is 0 Å². The van der Waals surface area contributed by atoms with Crippen LogP contribution < -0.4 is 4.72 Å². The molecule has 1 saturated heterocycles. The maximum atomic E-state index is 13.8. The molecular formula is C20H20BrFN4O4S2. The van der Waals surface area contributed by atoms with Gasteiger partial charge in [0, 0.05) is 40.8 Å². The number of nitrogens with one attached hydrogen (secondary N) is 1. The molecular weight excluding hydrogens is 523 g/mol. The van der Waals surface area contributed by atoms with Crippen LogP contribution in [0.15, 0.2) is 50.5 Å². The number of nitrogens with zero attached hydrogens (tertiary/aromatic N) is 3. The van der Waals surface area contributed by atoms with Gasteiger partial charge >= 0.3 is 5.97 Å². The summed E-state index contributed by atoms with van der Waals surface area (Å²) in [6, 6.07) is 2.97. The summed E-state index contributed by atoms with van der Waals surface area (Å²) < 4.78 is 45.9. The van der Waals surface area contributed by atoms with Crippen LogP contribution in [-0.4, -0.2) is 55.6 Å². The number of esters is 1. The molecule has 4 rings (SSSR count). The number of amidine groups is 1. The van der Waals surface area contributed by atoms with E-state index in [0.29, 0.717) is 38.7 Å². The van der Waals surface area contributed by atoms with E-state index in [4.69, 9.17) is 9.73 Å². The Labute approximate surface area is 197 Å². The second-order valence-electron chi connectivity index (χ2n) is 7.34. The van der Waals surface area contributed by atoms with E-state index in [0.717, 1.165) is 6.26 Å². The van der Waals surface area contributed by atoms with E-state index in [-0.39, 0.29) is 13.0 Å². The van der Waals surface area contributed by atoms with Crippen molar-refractivity contribution < 1.29 is 22.3 Å². The number of aromatic nitrogens is 1. The summed E-state index contributed by atoms with van der Waals surface area (Å²) in [5.41, 5.74) is 1.51. The number of hydrogen-bond donors (Lipinski definition) is 1. The van der Waals surface area contributed by atoms with Gasteiger partial charge in [-0.1, -0.05) is 22.0 Å². The summed E-state index contributed by atoms with van der Waals surface area (Å²) in [4.78, 5) is 24.1. The highest BCUT2D eigenvalue weighted by molar-refractivity contribution is 9.10. The normalized spacial score (nSPS) is 20.9. The first kappa shape index (κ1) is 23.0. The lowest BCUT2D eigenvalue weighted by Crippen LogP contribution is -2.39. The van der Waals surface area contributed by atoms with Crippen LogP contribution in [0.5, 0.6) is 0 Å². The third-order valence-corrected chi connectivity index (χ3v) is 7.23. The minimum atomic E-state index is -3.46. The summed E-state index contributed by atoms with van der Waals surface area (Å²) in [6.07, 6.45) is 3.03. The first-order valence-electron chi connectivity index (χ1n) is 9.75. The molecule has 1 N–H and O–H groups in total. The Bertz CT molecular complexity index is 1210. The van der Waals surface area contributed by atoms with Crippen LogP contribution >= 0.6 is 27.3 Å². The molecule has 2 aromatic rings. The Morgan fingerprint density at radius 2 is 2.22 bits per heavy atom. The van der Waals surface area contributed by atoms with Crippen molar-refractivity contribution in [1.29, 1.82) is 0 Å². The molecule has 0 radical (unpaired) electrons. The zero-order valence-electron chi connectivity index (χ0n) is 17.2. The van der Waals surface area contributed by atoms with E-state index in [1.54, 1.807) is 19.2 Å². The van der Waals surface area contributed by atoms with Gasteiger partial charge in [0.2, 0.25) is 10.0 Å². The molecule has 12 heteroatoms. The third-order valence-electron chi connectivity index (χ3n) is 5.02. The Morgan fingerprint density at radius 3 is 2.84 bits per heavy atom. The lowest BCUT2D eigenvalue weighted by atomic mass is 9.94. The summed E-state index contributed by atoms with van der Waals surface area (Å²) >= 11 is 4.77. The molecule has 2 aliphatic rings. The predicted molar refractivity (Wildman–Crippen MR) is 122 cm³/mol. The first-order valence-corrected chi connectivity index (χ1v) is 13.3. The Hall–Kier alpha value is -2.15. The van der Waals surface area contributed by atoms with Crippen molar-refractivity contribution in [1.82, 2.24) is 14.6 Å². The second kappa shape index (κ2) is 9.00. The smallest absolute Gasteiger partial charge is 0.338 e.